The minimum Gasteiger partial charge on any atom is -0.427 e. The molecule has 4 heteroatoms. The second-order valence-electron chi connectivity index (χ2n) is 7.91. The van der Waals surface area contributed by atoms with Crippen molar-refractivity contribution in [2.75, 3.05) is 13.2 Å². The van der Waals surface area contributed by atoms with Crippen molar-refractivity contribution in [2.24, 2.45) is 0 Å². The Morgan fingerprint density at radius 2 is 1.93 bits per heavy atom. The lowest BCUT2D eigenvalue weighted by molar-refractivity contribution is -0.216. The largest absolute Gasteiger partial charge is 0.427 e. The predicted octanol–water partition coefficient (Wildman–Crippen LogP) is 5.83. The van der Waals surface area contributed by atoms with E-state index in [0.29, 0.717) is 19.6 Å². The van der Waals surface area contributed by atoms with Gasteiger partial charge >= 0.3 is 5.97 Å². The summed E-state index contributed by atoms with van der Waals surface area (Å²) >= 11 is 0. The summed E-state index contributed by atoms with van der Waals surface area (Å²) in [7, 11) is 0. The molecule has 1 aliphatic carbocycles. The van der Waals surface area contributed by atoms with Gasteiger partial charge in [-0.15, -0.1) is 0 Å². The minimum absolute atomic E-state index is 0.313. The third kappa shape index (κ3) is 6.55. The summed E-state index contributed by atoms with van der Waals surface area (Å²) in [6, 6.07) is 10.2. The molecule has 0 aromatic heterocycles. The molecule has 1 unspecified atom stereocenters. The zero-order chi connectivity index (χ0) is 20.4. The van der Waals surface area contributed by atoms with Gasteiger partial charge in [0.05, 0.1) is 6.61 Å². The van der Waals surface area contributed by atoms with Crippen LogP contribution in [0.25, 0.3) is 5.57 Å². The Balaban J connectivity index is 1.59. The molecule has 158 valence electrons. The van der Waals surface area contributed by atoms with Gasteiger partial charge in [-0.05, 0) is 36.5 Å². The Labute approximate surface area is 174 Å². The molecule has 0 saturated carbocycles. The van der Waals surface area contributed by atoms with Gasteiger partial charge in [-0.2, -0.15) is 0 Å². The van der Waals surface area contributed by atoms with Gasteiger partial charge in [0.2, 0.25) is 5.79 Å². The van der Waals surface area contributed by atoms with E-state index in [1.54, 1.807) is 0 Å². The average Bonchev–Trinajstić information content (AvgIpc) is 3.30. The zero-order valence-electron chi connectivity index (χ0n) is 17.6. The van der Waals surface area contributed by atoms with Gasteiger partial charge in [-0.25, -0.2) is 4.79 Å². The molecule has 0 N–H and O–H groups in total. The van der Waals surface area contributed by atoms with Crippen LogP contribution in [0.4, 0.5) is 0 Å². The van der Waals surface area contributed by atoms with Gasteiger partial charge in [-0.3, -0.25) is 0 Å². The van der Waals surface area contributed by atoms with E-state index < -0.39 is 11.9 Å². The number of allylic oxidation sites excluding steroid dienone is 2. The Bertz CT molecular complexity index is 688. The molecular formula is C25H34O4. The normalized spacial score (nSPS) is 23.8. The lowest BCUT2D eigenvalue weighted by Crippen LogP contribution is -2.40. The molecule has 3 rings (SSSR count). The fraction of sp³-hybridized carbons (Fsp3) is 0.560. The van der Waals surface area contributed by atoms with E-state index in [2.05, 4.69) is 25.1 Å². The van der Waals surface area contributed by atoms with Gasteiger partial charge in [0, 0.05) is 13.0 Å². The van der Waals surface area contributed by atoms with Crippen LogP contribution in [-0.2, 0) is 19.0 Å². The molecule has 1 fully saturated rings. The number of unbranched alkanes of at least 4 members (excludes halogenated alkanes) is 5. The predicted molar refractivity (Wildman–Crippen MR) is 115 cm³/mol. The Morgan fingerprint density at radius 3 is 2.62 bits per heavy atom. The average molecular weight is 399 g/mol. The van der Waals surface area contributed by atoms with Crippen LogP contribution in [-0.4, -0.2) is 31.1 Å². The van der Waals surface area contributed by atoms with E-state index in [-0.39, 0.29) is 5.97 Å². The third-order valence-corrected chi connectivity index (χ3v) is 5.54. The fourth-order valence-electron chi connectivity index (χ4n) is 3.79. The molecule has 1 aliphatic heterocycles. The van der Waals surface area contributed by atoms with Crippen LogP contribution in [0.2, 0.25) is 0 Å². The van der Waals surface area contributed by atoms with Crippen molar-refractivity contribution in [2.45, 2.75) is 76.6 Å². The van der Waals surface area contributed by atoms with Gasteiger partial charge in [0.15, 0.2) is 6.10 Å². The number of rotatable bonds is 11. The van der Waals surface area contributed by atoms with Crippen molar-refractivity contribution in [1.29, 1.82) is 0 Å². The van der Waals surface area contributed by atoms with Gasteiger partial charge in [-0.1, -0.05) is 81.5 Å². The molecule has 2 aliphatic rings. The number of hydrogen-bond acceptors (Lipinski definition) is 4. The van der Waals surface area contributed by atoms with E-state index in [1.165, 1.54) is 25.7 Å². The van der Waals surface area contributed by atoms with E-state index in [1.807, 2.05) is 30.4 Å². The van der Waals surface area contributed by atoms with Crippen LogP contribution in [0.3, 0.4) is 0 Å². The SMILES string of the molecule is CCCCCCCCOC1(OC(=O)[C@H]2CCCO2)C=CC(c2ccccc2)=CC1. The molecule has 4 nitrogen and oxygen atoms in total. The van der Waals surface area contributed by atoms with E-state index in [9.17, 15) is 4.79 Å². The molecule has 0 amide bonds. The summed E-state index contributed by atoms with van der Waals surface area (Å²) in [5, 5.41) is 0. The van der Waals surface area contributed by atoms with Gasteiger partial charge in [0.1, 0.15) is 0 Å². The van der Waals surface area contributed by atoms with Gasteiger partial charge in [0.25, 0.3) is 0 Å². The highest BCUT2D eigenvalue weighted by atomic mass is 16.7. The molecule has 1 aromatic rings. The van der Waals surface area contributed by atoms with E-state index in [0.717, 1.165) is 36.8 Å². The monoisotopic (exact) mass is 398 g/mol. The quantitative estimate of drug-likeness (QED) is 0.267. The van der Waals surface area contributed by atoms with Crippen LogP contribution >= 0.6 is 0 Å². The minimum atomic E-state index is -1.02. The maximum absolute atomic E-state index is 12.6. The maximum Gasteiger partial charge on any atom is 0.338 e. The molecule has 1 aromatic carbocycles. The van der Waals surface area contributed by atoms with Crippen molar-refractivity contribution in [3.8, 4) is 0 Å². The van der Waals surface area contributed by atoms with E-state index in [4.69, 9.17) is 14.2 Å². The molecule has 0 radical (unpaired) electrons. The number of esters is 1. The summed E-state index contributed by atoms with van der Waals surface area (Å²) in [4.78, 5) is 12.6. The Kier molecular flexibility index (Phi) is 8.51. The van der Waals surface area contributed by atoms with Gasteiger partial charge < -0.3 is 14.2 Å². The molecule has 1 heterocycles. The lowest BCUT2D eigenvalue weighted by Gasteiger charge is -2.33. The first-order valence-corrected chi connectivity index (χ1v) is 11.2. The highest BCUT2D eigenvalue weighted by molar-refractivity contribution is 5.77. The number of carbonyl (C=O) groups excluding carboxylic acids is 1. The van der Waals surface area contributed by atoms with Crippen molar-refractivity contribution in [3.05, 3.63) is 54.1 Å². The van der Waals surface area contributed by atoms with E-state index >= 15 is 0 Å². The third-order valence-electron chi connectivity index (χ3n) is 5.54. The first-order valence-electron chi connectivity index (χ1n) is 11.2. The summed E-state index contributed by atoms with van der Waals surface area (Å²) in [6.45, 7) is 3.44. The maximum atomic E-state index is 12.6. The molecule has 0 bridgehead atoms. The van der Waals surface area contributed by atoms with Crippen LogP contribution in [0.1, 0.15) is 70.3 Å². The first-order chi connectivity index (χ1) is 14.2. The molecule has 29 heavy (non-hydrogen) atoms. The van der Waals surface area contributed by atoms with Crippen LogP contribution in [0.5, 0.6) is 0 Å². The number of hydrogen-bond donors (Lipinski definition) is 0. The number of carbonyl (C=O) groups is 1. The molecular weight excluding hydrogens is 364 g/mol. The van der Waals surface area contributed by atoms with Crippen LogP contribution in [0, 0.1) is 0 Å². The summed E-state index contributed by atoms with van der Waals surface area (Å²) in [6.07, 6.45) is 14.9. The Morgan fingerprint density at radius 1 is 1.14 bits per heavy atom. The highest BCUT2D eigenvalue weighted by Gasteiger charge is 2.37. The molecule has 0 spiro atoms. The smallest absolute Gasteiger partial charge is 0.338 e. The second-order valence-corrected chi connectivity index (χ2v) is 7.91. The standard InChI is InChI=1S/C25H34O4/c1-2-3-4-5-6-10-20-28-25(29-24(26)23-14-11-19-27-23)17-15-22(16-18-25)21-12-8-7-9-13-21/h7-9,12-13,15-17,23H,2-6,10-11,14,18-20H2,1H3/t23-,25?/m1/s1. The Hall–Kier alpha value is -1.91. The van der Waals surface area contributed by atoms with Crippen LogP contribution in [0.15, 0.2) is 48.6 Å². The summed E-state index contributed by atoms with van der Waals surface area (Å²) in [5.74, 6) is -1.34. The summed E-state index contributed by atoms with van der Waals surface area (Å²) in [5.41, 5.74) is 2.27. The number of ether oxygens (including phenoxy) is 3. The molecule has 1 saturated heterocycles. The molecule has 2 atom stereocenters. The van der Waals surface area contributed by atoms with Crippen molar-refractivity contribution >= 4 is 11.5 Å². The topological polar surface area (TPSA) is 44.8 Å². The fourth-order valence-corrected chi connectivity index (χ4v) is 3.79. The lowest BCUT2D eigenvalue weighted by atomic mass is 9.96. The zero-order valence-corrected chi connectivity index (χ0v) is 17.6. The first kappa shape index (κ1) is 21.8. The van der Waals surface area contributed by atoms with Crippen molar-refractivity contribution < 1.29 is 19.0 Å². The highest BCUT2D eigenvalue weighted by Crippen LogP contribution is 2.32. The number of benzene rings is 1. The summed E-state index contributed by atoms with van der Waals surface area (Å²) < 4.78 is 17.5. The second kappa shape index (κ2) is 11.3. The van der Waals surface area contributed by atoms with Crippen LogP contribution < -0.4 is 0 Å². The van der Waals surface area contributed by atoms with Crippen molar-refractivity contribution in [3.63, 3.8) is 0 Å². The van der Waals surface area contributed by atoms with Crippen molar-refractivity contribution in [1.82, 2.24) is 0 Å².